The van der Waals surface area contributed by atoms with Gasteiger partial charge in [0.15, 0.2) is 10.4 Å². The summed E-state index contributed by atoms with van der Waals surface area (Å²) in [4.78, 5) is 7.58. The lowest BCUT2D eigenvalue weighted by Crippen LogP contribution is -2.15. The van der Waals surface area contributed by atoms with Crippen LogP contribution in [0.25, 0.3) is 11.2 Å². The average Bonchev–Trinajstić information content (AvgIpc) is 2.40. The number of imidazole rings is 1. The third-order valence-electron chi connectivity index (χ3n) is 2.21. The summed E-state index contributed by atoms with van der Waals surface area (Å²) in [6.45, 7) is 7.42. The SMILES string of the molecule is CC(C)(C)Cn1c(=S)[nH]c2cc(Br)cnc21. The summed E-state index contributed by atoms with van der Waals surface area (Å²) < 4.78 is 3.74. The first-order valence-corrected chi connectivity index (χ1v) is 6.31. The van der Waals surface area contributed by atoms with Crippen molar-refractivity contribution in [2.45, 2.75) is 27.3 Å². The molecule has 0 aliphatic heterocycles. The van der Waals surface area contributed by atoms with Crippen LogP contribution in [0.2, 0.25) is 0 Å². The lowest BCUT2D eigenvalue weighted by molar-refractivity contribution is 0.345. The third-order valence-corrected chi connectivity index (χ3v) is 2.96. The highest BCUT2D eigenvalue weighted by atomic mass is 79.9. The quantitative estimate of drug-likeness (QED) is 0.810. The van der Waals surface area contributed by atoms with Crippen molar-refractivity contribution in [1.29, 1.82) is 0 Å². The van der Waals surface area contributed by atoms with E-state index in [9.17, 15) is 0 Å². The maximum Gasteiger partial charge on any atom is 0.179 e. The van der Waals surface area contributed by atoms with E-state index in [1.54, 1.807) is 6.20 Å². The summed E-state index contributed by atoms with van der Waals surface area (Å²) >= 11 is 8.72. The fraction of sp³-hybridized carbons (Fsp3) is 0.455. The number of aromatic nitrogens is 3. The van der Waals surface area contributed by atoms with E-state index in [0.717, 1.165) is 27.0 Å². The lowest BCUT2D eigenvalue weighted by atomic mass is 9.97. The van der Waals surface area contributed by atoms with E-state index < -0.39 is 0 Å². The highest BCUT2D eigenvalue weighted by molar-refractivity contribution is 9.10. The van der Waals surface area contributed by atoms with Crippen LogP contribution in [0.3, 0.4) is 0 Å². The highest BCUT2D eigenvalue weighted by Gasteiger charge is 2.15. The fourth-order valence-electron chi connectivity index (χ4n) is 1.64. The summed E-state index contributed by atoms with van der Waals surface area (Å²) in [7, 11) is 0. The van der Waals surface area contributed by atoms with Crippen LogP contribution in [0, 0.1) is 10.2 Å². The summed E-state index contributed by atoms with van der Waals surface area (Å²) in [5, 5.41) is 0. The minimum atomic E-state index is 0.183. The zero-order valence-corrected chi connectivity index (χ0v) is 11.9. The molecule has 0 saturated carbocycles. The largest absolute Gasteiger partial charge is 0.329 e. The zero-order valence-electron chi connectivity index (χ0n) is 9.54. The number of hydrogen-bond donors (Lipinski definition) is 1. The van der Waals surface area contributed by atoms with E-state index in [2.05, 4.69) is 51.2 Å². The van der Waals surface area contributed by atoms with Gasteiger partial charge in [-0.05, 0) is 39.6 Å². The van der Waals surface area contributed by atoms with E-state index in [1.165, 1.54) is 0 Å². The van der Waals surface area contributed by atoms with Gasteiger partial charge < -0.3 is 9.55 Å². The Hall–Kier alpha value is -0.680. The standard InChI is InChI=1S/C11H14BrN3S/c1-11(2,3)6-15-9-8(14-10(15)16)4-7(12)5-13-9/h4-5H,6H2,1-3H3,(H,14,16). The van der Waals surface area contributed by atoms with Gasteiger partial charge in [-0.1, -0.05) is 20.8 Å². The van der Waals surface area contributed by atoms with Gasteiger partial charge in [-0.3, -0.25) is 0 Å². The molecule has 0 fully saturated rings. The van der Waals surface area contributed by atoms with Gasteiger partial charge in [0.2, 0.25) is 0 Å². The molecule has 0 aromatic carbocycles. The molecule has 0 unspecified atom stereocenters. The Morgan fingerprint density at radius 3 is 2.81 bits per heavy atom. The molecule has 2 aromatic rings. The van der Waals surface area contributed by atoms with Crippen LogP contribution in [0.4, 0.5) is 0 Å². The number of nitrogens with one attached hydrogen (secondary N) is 1. The number of hydrogen-bond acceptors (Lipinski definition) is 2. The molecular weight excluding hydrogens is 286 g/mol. The smallest absolute Gasteiger partial charge is 0.179 e. The number of halogens is 1. The van der Waals surface area contributed by atoms with Gasteiger partial charge in [0.25, 0.3) is 0 Å². The Morgan fingerprint density at radius 1 is 1.50 bits per heavy atom. The molecule has 0 bridgehead atoms. The van der Waals surface area contributed by atoms with Gasteiger partial charge in [0.05, 0.1) is 5.52 Å². The number of pyridine rings is 1. The van der Waals surface area contributed by atoms with Crippen LogP contribution in [-0.4, -0.2) is 14.5 Å². The Morgan fingerprint density at radius 2 is 2.19 bits per heavy atom. The first-order chi connectivity index (χ1) is 7.37. The summed E-state index contributed by atoms with van der Waals surface area (Å²) in [6, 6.07) is 2.00. The highest BCUT2D eigenvalue weighted by Crippen LogP contribution is 2.22. The van der Waals surface area contributed by atoms with E-state index >= 15 is 0 Å². The van der Waals surface area contributed by atoms with Crippen molar-refractivity contribution in [2.75, 3.05) is 0 Å². The molecule has 3 nitrogen and oxygen atoms in total. The number of nitrogens with zero attached hydrogens (tertiary/aromatic N) is 2. The summed E-state index contributed by atoms with van der Waals surface area (Å²) in [5.41, 5.74) is 2.08. The van der Waals surface area contributed by atoms with Crippen LogP contribution in [0.1, 0.15) is 20.8 Å². The predicted molar refractivity (Wildman–Crippen MR) is 72.1 cm³/mol. The number of aromatic amines is 1. The Kier molecular flexibility index (Phi) is 2.92. The van der Waals surface area contributed by atoms with Gasteiger partial charge in [-0.2, -0.15) is 0 Å². The van der Waals surface area contributed by atoms with Crippen LogP contribution in [0.15, 0.2) is 16.7 Å². The molecule has 0 atom stereocenters. The van der Waals surface area contributed by atoms with E-state index in [-0.39, 0.29) is 5.41 Å². The first kappa shape index (κ1) is 11.8. The molecule has 0 aliphatic rings. The molecule has 2 aromatic heterocycles. The van der Waals surface area contributed by atoms with Gasteiger partial charge in [0.1, 0.15) is 0 Å². The minimum absolute atomic E-state index is 0.183. The molecule has 86 valence electrons. The molecule has 16 heavy (non-hydrogen) atoms. The zero-order chi connectivity index (χ0) is 11.9. The van der Waals surface area contributed by atoms with Gasteiger partial charge in [-0.15, -0.1) is 0 Å². The monoisotopic (exact) mass is 299 g/mol. The second kappa shape index (κ2) is 3.96. The average molecular weight is 300 g/mol. The van der Waals surface area contributed by atoms with Gasteiger partial charge >= 0.3 is 0 Å². The van der Waals surface area contributed by atoms with Gasteiger partial charge in [-0.25, -0.2) is 4.98 Å². The topological polar surface area (TPSA) is 33.6 Å². The third kappa shape index (κ3) is 2.35. The Labute approximate surface area is 108 Å². The Balaban J connectivity index is 2.61. The minimum Gasteiger partial charge on any atom is -0.329 e. The Bertz CT molecular complexity index is 577. The van der Waals surface area contributed by atoms with Crippen LogP contribution in [-0.2, 0) is 6.54 Å². The maximum atomic E-state index is 5.32. The molecule has 2 heterocycles. The lowest BCUT2D eigenvalue weighted by Gasteiger charge is -2.18. The summed E-state index contributed by atoms with van der Waals surface area (Å²) in [6.07, 6.45) is 1.80. The number of fused-ring (bicyclic) bond motifs is 1. The first-order valence-electron chi connectivity index (χ1n) is 5.11. The van der Waals surface area contributed by atoms with Gasteiger partial charge in [0, 0.05) is 17.2 Å². The fourth-order valence-corrected chi connectivity index (χ4v) is 2.23. The second-order valence-corrected chi connectivity index (χ2v) is 6.40. The molecule has 2 rings (SSSR count). The molecule has 0 amide bonds. The molecule has 1 N–H and O–H groups in total. The molecule has 0 aliphatic carbocycles. The molecule has 0 saturated heterocycles. The number of rotatable bonds is 1. The van der Waals surface area contributed by atoms with Crippen molar-refractivity contribution in [1.82, 2.24) is 14.5 Å². The van der Waals surface area contributed by atoms with Crippen molar-refractivity contribution >= 4 is 39.3 Å². The van der Waals surface area contributed by atoms with Crippen molar-refractivity contribution in [3.05, 3.63) is 21.5 Å². The van der Waals surface area contributed by atoms with Crippen molar-refractivity contribution in [2.24, 2.45) is 5.41 Å². The van der Waals surface area contributed by atoms with Crippen LogP contribution >= 0.6 is 28.1 Å². The van der Waals surface area contributed by atoms with Crippen molar-refractivity contribution < 1.29 is 0 Å². The summed E-state index contributed by atoms with van der Waals surface area (Å²) in [5.74, 6) is 0. The number of H-pyrrole nitrogens is 1. The van der Waals surface area contributed by atoms with E-state index in [1.807, 2.05) is 6.07 Å². The molecule has 5 heteroatoms. The van der Waals surface area contributed by atoms with Crippen molar-refractivity contribution in [3.8, 4) is 0 Å². The molecule has 0 radical (unpaired) electrons. The van der Waals surface area contributed by atoms with Crippen molar-refractivity contribution in [3.63, 3.8) is 0 Å². The van der Waals surface area contributed by atoms with Crippen LogP contribution in [0.5, 0.6) is 0 Å². The predicted octanol–water partition coefficient (Wildman–Crippen LogP) is 3.90. The normalized spacial score (nSPS) is 12.2. The van der Waals surface area contributed by atoms with Crippen LogP contribution < -0.4 is 0 Å². The molecular formula is C11H14BrN3S. The second-order valence-electron chi connectivity index (χ2n) is 5.10. The maximum absolute atomic E-state index is 5.32. The van der Waals surface area contributed by atoms with E-state index in [4.69, 9.17) is 12.2 Å². The molecule has 0 spiro atoms. The van der Waals surface area contributed by atoms with E-state index in [0.29, 0.717) is 0 Å².